The van der Waals surface area contributed by atoms with E-state index in [1.807, 2.05) is 13.8 Å². The van der Waals surface area contributed by atoms with E-state index in [0.29, 0.717) is 12.3 Å². The summed E-state index contributed by atoms with van der Waals surface area (Å²) in [7, 11) is 0. The predicted molar refractivity (Wildman–Crippen MR) is 58.2 cm³/mol. The van der Waals surface area contributed by atoms with Crippen LogP contribution in [-0.2, 0) is 9.59 Å². The topological polar surface area (TPSA) is 49.4 Å². The van der Waals surface area contributed by atoms with Crippen LogP contribution in [0.15, 0.2) is 0 Å². The number of rotatable bonds is 3. The molecule has 2 atom stereocenters. The van der Waals surface area contributed by atoms with E-state index in [1.165, 1.54) is 0 Å². The summed E-state index contributed by atoms with van der Waals surface area (Å²) in [6.45, 7) is 8.22. The van der Waals surface area contributed by atoms with E-state index in [0.717, 1.165) is 0 Å². The fourth-order valence-electron chi connectivity index (χ4n) is 1.89. The fourth-order valence-corrected chi connectivity index (χ4v) is 1.89. The van der Waals surface area contributed by atoms with Crippen LogP contribution in [0.3, 0.4) is 0 Å². The molecule has 0 aromatic heterocycles. The zero-order valence-corrected chi connectivity index (χ0v) is 9.91. The van der Waals surface area contributed by atoms with Gasteiger partial charge in [0.25, 0.3) is 0 Å². The summed E-state index contributed by atoms with van der Waals surface area (Å²) < 4.78 is 0. The van der Waals surface area contributed by atoms with Crippen molar-refractivity contribution in [2.24, 2.45) is 5.92 Å². The van der Waals surface area contributed by atoms with Gasteiger partial charge >= 0.3 is 0 Å². The molecule has 0 bridgehead atoms. The average molecular weight is 212 g/mol. The van der Waals surface area contributed by atoms with E-state index in [-0.39, 0.29) is 30.4 Å². The van der Waals surface area contributed by atoms with Crippen molar-refractivity contribution < 1.29 is 9.59 Å². The van der Waals surface area contributed by atoms with Crippen molar-refractivity contribution in [3.8, 4) is 0 Å². The molecule has 0 aromatic rings. The van der Waals surface area contributed by atoms with Crippen LogP contribution < -0.4 is 5.32 Å². The molecular formula is C11H20N2O2. The fraction of sp³-hybridized carbons (Fsp3) is 0.818. The lowest BCUT2D eigenvalue weighted by molar-refractivity contribution is -0.149. The third kappa shape index (κ3) is 2.30. The first-order valence-corrected chi connectivity index (χ1v) is 5.57. The van der Waals surface area contributed by atoms with Crippen molar-refractivity contribution in [1.29, 1.82) is 0 Å². The lowest BCUT2D eigenvalue weighted by Crippen LogP contribution is -2.61. The van der Waals surface area contributed by atoms with Crippen molar-refractivity contribution in [2.75, 3.05) is 6.54 Å². The molecule has 1 heterocycles. The number of piperazine rings is 1. The second-order valence-electron chi connectivity index (χ2n) is 4.43. The molecule has 1 saturated heterocycles. The molecule has 86 valence electrons. The number of carbonyl (C=O) groups is 2. The molecule has 15 heavy (non-hydrogen) atoms. The van der Waals surface area contributed by atoms with Crippen LogP contribution in [0.5, 0.6) is 0 Å². The maximum Gasteiger partial charge on any atom is 0.243 e. The molecule has 0 spiro atoms. The van der Waals surface area contributed by atoms with Crippen molar-refractivity contribution in [2.45, 2.75) is 46.2 Å². The zero-order valence-electron chi connectivity index (χ0n) is 9.91. The van der Waals surface area contributed by atoms with Crippen molar-refractivity contribution in [3.63, 3.8) is 0 Å². The summed E-state index contributed by atoms with van der Waals surface area (Å²) in [6, 6.07) is -0.169. The van der Waals surface area contributed by atoms with Gasteiger partial charge in [-0.3, -0.25) is 9.59 Å². The molecule has 4 nitrogen and oxygen atoms in total. The minimum atomic E-state index is -0.288. The zero-order chi connectivity index (χ0) is 11.6. The largest absolute Gasteiger partial charge is 0.345 e. The molecule has 0 aliphatic carbocycles. The van der Waals surface area contributed by atoms with E-state index in [4.69, 9.17) is 0 Å². The van der Waals surface area contributed by atoms with Gasteiger partial charge in [0.2, 0.25) is 11.8 Å². The van der Waals surface area contributed by atoms with E-state index >= 15 is 0 Å². The molecule has 4 heteroatoms. The Hall–Kier alpha value is -1.06. The molecule has 2 amide bonds. The van der Waals surface area contributed by atoms with Gasteiger partial charge in [-0.15, -0.1) is 0 Å². The highest BCUT2D eigenvalue weighted by Crippen LogP contribution is 2.18. The highest BCUT2D eigenvalue weighted by atomic mass is 16.2. The summed E-state index contributed by atoms with van der Waals surface area (Å²) in [5, 5.41) is 2.63. The molecule has 0 saturated carbocycles. The van der Waals surface area contributed by atoms with Gasteiger partial charge in [0.15, 0.2) is 0 Å². The maximum atomic E-state index is 11.8. The minimum Gasteiger partial charge on any atom is -0.345 e. The summed E-state index contributed by atoms with van der Waals surface area (Å²) in [6.07, 6.45) is 0.675. The first-order valence-electron chi connectivity index (χ1n) is 5.57. The summed E-state index contributed by atoms with van der Waals surface area (Å²) in [5.41, 5.74) is 0. The van der Waals surface area contributed by atoms with Gasteiger partial charge in [0, 0.05) is 6.04 Å². The molecule has 0 radical (unpaired) electrons. The van der Waals surface area contributed by atoms with Crippen LogP contribution in [0.1, 0.15) is 34.1 Å². The molecule has 1 fully saturated rings. The number of hydrogen-bond acceptors (Lipinski definition) is 2. The number of nitrogens with zero attached hydrogens (tertiary/aromatic N) is 1. The molecule has 1 aliphatic rings. The van der Waals surface area contributed by atoms with Crippen molar-refractivity contribution >= 4 is 11.8 Å². The first-order chi connectivity index (χ1) is 6.99. The van der Waals surface area contributed by atoms with Crippen LogP contribution in [-0.4, -0.2) is 35.3 Å². The van der Waals surface area contributed by atoms with Crippen LogP contribution in [0.4, 0.5) is 0 Å². The van der Waals surface area contributed by atoms with Gasteiger partial charge in [-0.05, 0) is 19.3 Å². The minimum absolute atomic E-state index is 0.0235. The van der Waals surface area contributed by atoms with Gasteiger partial charge in [-0.1, -0.05) is 20.8 Å². The lowest BCUT2D eigenvalue weighted by atomic mass is 9.99. The van der Waals surface area contributed by atoms with E-state index in [1.54, 1.807) is 4.90 Å². The highest BCUT2D eigenvalue weighted by Gasteiger charge is 2.36. The van der Waals surface area contributed by atoms with Gasteiger partial charge in [0.05, 0.1) is 6.54 Å². The van der Waals surface area contributed by atoms with E-state index in [2.05, 4.69) is 19.2 Å². The van der Waals surface area contributed by atoms with E-state index in [9.17, 15) is 9.59 Å². The smallest absolute Gasteiger partial charge is 0.243 e. The van der Waals surface area contributed by atoms with Crippen LogP contribution >= 0.6 is 0 Å². The second-order valence-corrected chi connectivity index (χ2v) is 4.43. The standard InChI is InChI=1S/C11H20N2O2/c1-5-9-11(15)12-6-10(14)13(9)8(4)7(2)3/h7-9H,5-6H2,1-4H3,(H,12,15). The van der Waals surface area contributed by atoms with Gasteiger partial charge in [-0.25, -0.2) is 0 Å². The summed E-state index contributed by atoms with van der Waals surface area (Å²) in [4.78, 5) is 25.1. The third-order valence-electron chi connectivity index (χ3n) is 3.13. The van der Waals surface area contributed by atoms with Crippen LogP contribution in [0, 0.1) is 5.92 Å². The Morgan fingerprint density at radius 1 is 1.40 bits per heavy atom. The molecule has 1 aliphatic heterocycles. The summed E-state index contributed by atoms with van der Waals surface area (Å²) >= 11 is 0. The molecule has 1 N–H and O–H groups in total. The Kier molecular flexibility index (Phi) is 3.72. The Morgan fingerprint density at radius 2 is 2.00 bits per heavy atom. The van der Waals surface area contributed by atoms with Gasteiger partial charge < -0.3 is 10.2 Å². The van der Waals surface area contributed by atoms with Crippen molar-refractivity contribution in [3.05, 3.63) is 0 Å². The summed E-state index contributed by atoms with van der Waals surface area (Å²) in [5.74, 6) is 0.376. The third-order valence-corrected chi connectivity index (χ3v) is 3.13. The molecule has 2 unspecified atom stereocenters. The second kappa shape index (κ2) is 4.64. The van der Waals surface area contributed by atoms with Gasteiger partial charge in [-0.2, -0.15) is 0 Å². The monoisotopic (exact) mass is 212 g/mol. The Morgan fingerprint density at radius 3 is 2.47 bits per heavy atom. The normalized spacial score (nSPS) is 24.3. The first kappa shape index (κ1) is 12.0. The van der Waals surface area contributed by atoms with E-state index < -0.39 is 0 Å². The molecule has 1 rings (SSSR count). The maximum absolute atomic E-state index is 11.8. The Balaban J connectivity index is 2.88. The molecule has 0 aromatic carbocycles. The average Bonchev–Trinajstić information content (AvgIpc) is 2.19. The van der Waals surface area contributed by atoms with Crippen LogP contribution in [0.2, 0.25) is 0 Å². The number of carbonyl (C=O) groups excluding carboxylic acids is 2. The quantitative estimate of drug-likeness (QED) is 0.751. The predicted octanol–water partition coefficient (Wildman–Crippen LogP) is 0.768. The van der Waals surface area contributed by atoms with Gasteiger partial charge in [0.1, 0.15) is 6.04 Å². The number of nitrogens with one attached hydrogen (secondary N) is 1. The SMILES string of the molecule is CCC1C(=O)NCC(=O)N1C(C)C(C)C. The number of amides is 2. The lowest BCUT2D eigenvalue weighted by Gasteiger charge is -2.40. The van der Waals surface area contributed by atoms with Crippen molar-refractivity contribution in [1.82, 2.24) is 10.2 Å². The highest BCUT2D eigenvalue weighted by molar-refractivity contribution is 5.94. The molecular weight excluding hydrogens is 192 g/mol. The Labute approximate surface area is 91.0 Å². The van der Waals surface area contributed by atoms with Crippen LogP contribution in [0.25, 0.3) is 0 Å². The Bertz CT molecular complexity index is 263. The number of hydrogen-bond donors (Lipinski definition) is 1.